The van der Waals surface area contributed by atoms with Gasteiger partial charge in [0.25, 0.3) is 0 Å². The number of carboxylic acids is 1. The van der Waals surface area contributed by atoms with E-state index in [4.69, 9.17) is 10.8 Å². The first-order valence-corrected chi connectivity index (χ1v) is 6.16. The Balaban J connectivity index is 2.67. The summed E-state index contributed by atoms with van der Waals surface area (Å²) in [5.41, 5.74) is 7.28. The Morgan fingerprint density at radius 3 is 2.58 bits per heavy atom. The molecule has 0 aliphatic rings. The lowest BCUT2D eigenvalue weighted by Crippen LogP contribution is -2.08. The largest absolute Gasteiger partial charge is 0.478 e. The first-order valence-electron chi connectivity index (χ1n) is 5.37. The molecule has 0 saturated carbocycles. The number of aromatic nitrogens is 2. The Labute approximate surface area is 117 Å². The van der Waals surface area contributed by atoms with E-state index in [0.717, 1.165) is 28.0 Å². The van der Waals surface area contributed by atoms with E-state index < -0.39 is 17.3 Å². The summed E-state index contributed by atoms with van der Waals surface area (Å²) in [6, 6.07) is 2.17. The van der Waals surface area contributed by atoms with Gasteiger partial charge in [0.05, 0.1) is 32.8 Å². The lowest BCUT2D eigenvalue weighted by atomic mass is 10.1. The highest BCUT2D eigenvalue weighted by Crippen LogP contribution is 2.27. The molecule has 100 valence electrons. The highest BCUT2D eigenvalue weighted by molar-refractivity contribution is 9.10. The minimum Gasteiger partial charge on any atom is -0.478 e. The van der Waals surface area contributed by atoms with Gasteiger partial charge in [0.1, 0.15) is 5.82 Å². The summed E-state index contributed by atoms with van der Waals surface area (Å²) in [7, 11) is 0. The van der Waals surface area contributed by atoms with Crippen molar-refractivity contribution >= 4 is 27.6 Å². The number of benzene rings is 1. The lowest BCUT2D eigenvalue weighted by molar-refractivity contribution is 0.0692. The van der Waals surface area contributed by atoms with E-state index in [9.17, 15) is 9.18 Å². The lowest BCUT2D eigenvalue weighted by Gasteiger charge is -2.09. The summed E-state index contributed by atoms with van der Waals surface area (Å²) in [4.78, 5) is 10.8. The molecule has 7 heteroatoms. The van der Waals surface area contributed by atoms with Gasteiger partial charge in [-0.3, -0.25) is 0 Å². The zero-order valence-corrected chi connectivity index (χ0v) is 11.8. The van der Waals surface area contributed by atoms with Gasteiger partial charge >= 0.3 is 5.97 Å². The van der Waals surface area contributed by atoms with Gasteiger partial charge in [-0.15, -0.1) is 0 Å². The van der Waals surface area contributed by atoms with Crippen LogP contribution in [0.25, 0.3) is 5.69 Å². The van der Waals surface area contributed by atoms with Crippen LogP contribution in [0.2, 0.25) is 0 Å². The second-order valence-corrected chi connectivity index (χ2v) is 4.89. The number of carbonyl (C=O) groups is 1. The molecule has 0 bridgehead atoms. The van der Waals surface area contributed by atoms with Crippen molar-refractivity contribution in [3.05, 3.63) is 39.4 Å². The van der Waals surface area contributed by atoms with Gasteiger partial charge < -0.3 is 10.8 Å². The third-order valence-electron chi connectivity index (χ3n) is 2.78. The maximum atomic E-state index is 13.7. The van der Waals surface area contributed by atoms with Crippen molar-refractivity contribution in [3.8, 4) is 5.69 Å². The fourth-order valence-electron chi connectivity index (χ4n) is 1.79. The zero-order chi connectivity index (χ0) is 14.3. The highest BCUT2D eigenvalue weighted by atomic mass is 79.9. The number of aromatic carboxylic acids is 1. The number of nitrogens with two attached hydrogens (primary N) is 1. The maximum absolute atomic E-state index is 13.7. The van der Waals surface area contributed by atoms with Crippen LogP contribution in [0.1, 0.15) is 21.7 Å². The third kappa shape index (κ3) is 2.21. The Morgan fingerprint density at radius 2 is 2.11 bits per heavy atom. The SMILES string of the molecule is Cc1nn(-c2cc(F)c(C(=O)O)cc2N)c(C)c1Br. The quantitative estimate of drug-likeness (QED) is 0.831. The number of anilines is 1. The minimum atomic E-state index is -1.36. The van der Waals surface area contributed by atoms with E-state index in [2.05, 4.69) is 21.0 Å². The van der Waals surface area contributed by atoms with Crippen LogP contribution in [-0.2, 0) is 0 Å². The molecule has 3 N–H and O–H groups in total. The van der Waals surface area contributed by atoms with Crippen LogP contribution in [0.15, 0.2) is 16.6 Å². The van der Waals surface area contributed by atoms with E-state index in [-0.39, 0.29) is 5.69 Å². The molecule has 0 atom stereocenters. The molecule has 1 aromatic heterocycles. The monoisotopic (exact) mass is 327 g/mol. The van der Waals surface area contributed by atoms with E-state index in [1.165, 1.54) is 4.68 Å². The molecule has 0 fully saturated rings. The van der Waals surface area contributed by atoms with Crippen molar-refractivity contribution in [1.82, 2.24) is 9.78 Å². The van der Waals surface area contributed by atoms with Crippen LogP contribution >= 0.6 is 15.9 Å². The summed E-state index contributed by atoms with van der Waals surface area (Å²) in [5, 5.41) is 13.1. The highest BCUT2D eigenvalue weighted by Gasteiger charge is 2.17. The second kappa shape index (κ2) is 4.65. The van der Waals surface area contributed by atoms with Crippen molar-refractivity contribution in [1.29, 1.82) is 0 Å². The van der Waals surface area contributed by atoms with Gasteiger partial charge in [-0.1, -0.05) is 0 Å². The molecule has 0 amide bonds. The summed E-state index contributed by atoms with van der Waals surface area (Å²) in [6.45, 7) is 3.60. The molecule has 0 unspecified atom stereocenters. The molecule has 1 heterocycles. The number of hydrogen-bond acceptors (Lipinski definition) is 3. The smallest absolute Gasteiger partial charge is 0.338 e. The predicted molar refractivity (Wildman–Crippen MR) is 72.1 cm³/mol. The van der Waals surface area contributed by atoms with Gasteiger partial charge in [0, 0.05) is 6.07 Å². The number of rotatable bonds is 2. The maximum Gasteiger partial charge on any atom is 0.338 e. The van der Waals surface area contributed by atoms with Crippen LogP contribution in [0, 0.1) is 19.7 Å². The number of nitrogen functional groups attached to an aromatic ring is 1. The van der Waals surface area contributed by atoms with E-state index in [1.54, 1.807) is 13.8 Å². The fourth-order valence-corrected chi connectivity index (χ4v) is 2.03. The van der Waals surface area contributed by atoms with E-state index in [1.807, 2.05) is 0 Å². The van der Waals surface area contributed by atoms with Gasteiger partial charge in [0.15, 0.2) is 0 Å². The van der Waals surface area contributed by atoms with E-state index in [0.29, 0.717) is 5.69 Å². The second-order valence-electron chi connectivity index (χ2n) is 4.09. The molecule has 0 aliphatic carbocycles. The summed E-state index contributed by atoms with van der Waals surface area (Å²) < 4.78 is 16.0. The molecule has 0 spiro atoms. The van der Waals surface area contributed by atoms with Crippen LogP contribution < -0.4 is 5.73 Å². The number of carboxylic acid groups (broad SMARTS) is 1. The molecule has 0 saturated heterocycles. The van der Waals surface area contributed by atoms with Crippen molar-refractivity contribution < 1.29 is 14.3 Å². The van der Waals surface area contributed by atoms with Crippen molar-refractivity contribution in [3.63, 3.8) is 0 Å². The predicted octanol–water partition coefficient (Wildman–Crippen LogP) is 2.67. The summed E-state index contributed by atoms with van der Waals surface area (Å²) in [5.74, 6) is -2.20. The Kier molecular flexibility index (Phi) is 3.32. The van der Waals surface area contributed by atoms with Gasteiger partial charge in [-0.05, 0) is 35.8 Å². The molecule has 0 aliphatic heterocycles. The molecule has 0 radical (unpaired) electrons. The van der Waals surface area contributed by atoms with Crippen molar-refractivity contribution in [2.24, 2.45) is 0 Å². The Morgan fingerprint density at radius 1 is 1.47 bits per heavy atom. The number of aryl methyl sites for hydroxylation is 1. The van der Waals surface area contributed by atoms with Crippen LogP contribution in [0.4, 0.5) is 10.1 Å². The van der Waals surface area contributed by atoms with Crippen molar-refractivity contribution in [2.75, 3.05) is 5.73 Å². The molecule has 1 aromatic carbocycles. The third-order valence-corrected chi connectivity index (χ3v) is 3.93. The van der Waals surface area contributed by atoms with Gasteiger partial charge in [0.2, 0.25) is 0 Å². The average Bonchev–Trinajstić information content (AvgIpc) is 2.59. The molecular weight excluding hydrogens is 317 g/mol. The van der Waals surface area contributed by atoms with E-state index >= 15 is 0 Å². The molecule has 19 heavy (non-hydrogen) atoms. The fraction of sp³-hybridized carbons (Fsp3) is 0.167. The Hall–Kier alpha value is -1.89. The van der Waals surface area contributed by atoms with Crippen LogP contribution in [-0.4, -0.2) is 20.9 Å². The number of halogens is 2. The first kappa shape index (κ1) is 13.5. The summed E-state index contributed by atoms with van der Waals surface area (Å²) >= 11 is 3.37. The van der Waals surface area contributed by atoms with Crippen molar-refractivity contribution in [2.45, 2.75) is 13.8 Å². The molecule has 2 rings (SSSR count). The van der Waals surface area contributed by atoms with Crippen LogP contribution in [0.3, 0.4) is 0 Å². The number of nitrogens with zero attached hydrogens (tertiary/aromatic N) is 2. The normalized spacial score (nSPS) is 10.7. The van der Waals surface area contributed by atoms with Gasteiger partial charge in [-0.25, -0.2) is 13.9 Å². The number of hydrogen-bond donors (Lipinski definition) is 2. The van der Waals surface area contributed by atoms with Crippen LogP contribution in [0.5, 0.6) is 0 Å². The average molecular weight is 328 g/mol. The van der Waals surface area contributed by atoms with Gasteiger partial charge in [-0.2, -0.15) is 5.10 Å². The summed E-state index contributed by atoms with van der Waals surface area (Å²) in [6.07, 6.45) is 0. The molecule has 2 aromatic rings. The first-order chi connectivity index (χ1) is 8.82. The standard InChI is InChI=1S/C12H11BrFN3O2/c1-5-11(13)6(2)17(16-5)10-4-8(14)7(12(18)19)3-9(10)15/h3-4H,15H2,1-2H3,(H,18,19). The molecular formula is C12H11BrFN3O2. The zero-order valence-electron chi connectivity index (χ0n) is 10.2. The Bertz CT molecular complexity index is 682. The topological polar surface area (TPSA) is 81.1 Å². The molecule has 5 nitrogen and oxygen atoms in total. The minimum absolute atomic E-state index is 0.150.